The highest BCUT2D eigenvalue weighted by molar-refractivity contribution is 5.98. The van der Waals surface area contributed by atoms with Gasteiger partial charge in [-0.3, -0.25) is 14.5 Å². The predicted molar refractivity (Wildman–Crippen MR) is 165 cm³/mol. The van der Waals surface area contributed by atoms with Crippen LogP contribution >= 0.6 is 24.8 Å². The maximum absolute atomic E-state index is 14.3. The molecule has 2 aromatic carbocycles. The van der Waals surface area contributed by atoms with Crippen LogP contribution in [0.1, 0.15) is 53.6 Å². The Morgan fingerprint density at radius 1 is 1.05 bits per heavy atom. The van der Waals surface area contributed by atoms with E-state index in [1.54, 1.807) is 15.9 Å². The van der Waals surface area contributed by atoms with E-state index >= 15 is 0 Å². The van der Waals surface area contributed by atoms with Gasteiger partial charge in [-0.2, -0.15) is 10.2 Å². The van der Waals surface area contributed by atoms with Gasteiger partial charge in [0.25, 0.3) is 5.91 Å². The lowest BCUT2D eigenvalue weighted by molar-refractivity contribution is -0.120. The maximum atomic E-state index is 14.3. The SMILES string of the molecule is C[C@@H]1CN(CC(=O)N2CC(C)(C)c3nnc(Cc4ccc(F)cc4F)cc32)[C@@H](CN2Cc3cc(F)ccc3C2=O)CN1.Cl.Cl. The lowest BCUT2D eigenvalue weighted by Crippen LogP contribution is -2.60. The van der Waals surface area contributed by atoms with Gasteiger partial charge in [-0.1, -0.05) is 19.9 Å². The second kappa shape index (κ2) is 13.0. The smallest absolute Gasteiger partial charge is 0.254 e. The molecule has 0 bridgehead atoms. The lowest BCUT2D eigenvalue weighted by Gasteiger charge is -2.41. The number of aromatic nitrogens is 2. The van der Waals surface area contributed by atoms with Gasteiger partial charge in [-0.15, -0.1) is 24.8 Å². The number of anilines is 1. The fourth-order valence-electron chi connectivity index (χ4n) is 6.25. The second-order valence-electron chi connectivity index (χ2n) is 12.2. The molecule has 4 heterocycles. The molecular formula is C31H35Cl2F3N6O2. The summed E-state index contributed by atoms with van der Waals surface area (Å²) in [5, 5.41) is 12.2. The second-order valence-corrected chi connectivity index (χ2v) is 12.2. The number of hydrogen-bond donors (Lipinski definition) is 1. The Balaban J connectivity index is 0.00000221. The van der Waals surface area contributed by atoms with Gasteiger partial charge in [0.1, 0.15) is 17.5 Å². The Labute approximate surface area is 266 Å². The highest BCUT2D eigenvalue weighted by atomic mass is 35.5. The van der Waals surface area contributed by atoms with Gasteiger partial charge >= 0.3 is 0 Å². The molecule has 1 saturated heterocycles. The number of carbonyl (C=O) groups excluding carboxylic acids is 2. The Morgan fingerprint density at radius 3 is 2.52 bits per heavy atom. The minimum Gasteiger partial charge on any atom is -0.333 e. The summed E-state index contributed by atoms with van der Waals surface area (Å²) >= 11 is 0. The van der Waals surface area contributed by atoms with Crippen LogP contribution < -0.4 is 10.2 Å². The molecule has 236 valence electrons. The molecule has 3 aromatic rings. The number of benzene rings is 2. The van der Waals surface area contributed by atoms with Gasteiger partial charge in [0, 0.05) is 68.3 Å². The average Bonchev–Trinajstić information content (AvgIpc) is 3.38. The van der Waals surface area contributed by atoms with Crippen molar-refractivity contribution < 1.29 is 22.8 Å². The monoisotopic (exact) mass is 650 g/mol. The third-order valence-electron chi connectivity index (χ3n) is 8.44. The molecule has 6 rings (SSSR count). The molecule has 2 amide bonds. The van der Waals surface area contributed by atoms with Gasteiger partial charge < -0.3 is 15.1 Å². The van der Waals surface area contributed by atoms with Crippen molar-refractivity contribution in [2.75, 3.05) is 37.6 Å². The molecule has 8 nitrogen and oxygen atoms in total. The number of nitrogens with zero attached hydrogens (tertiary/aromatic N) is 5. The van der Waals surface area contributed by atoms with Crippen molar-refractivity contribution in [1.29, 1.82) is 0 Å². The van der Waals surface area contributed by atoms with Crippen molar-refractivity contribution in [2.45, 2.75) is 51.2 Å². The first-order chi connectivity index (χ1) is 20.0. The van der Waals surface area contributed by atoms with E-state index in [1.165, 1.54) is 30.3 Å². The minimum atomic E-state index is -0.658. The fraction of sp³-hybridized carbons (Fsp3) is 0.419. The number of rotatable bonds is 6. The minimum absolute atomic E-state index is 0. The molecule has 2 atom stereocenters. The zero-order chi connectivity index (χ0) is 29.8. The van der Waals surface area contributed by atoms with Gasteiger partial charge in [0.05, 0.1) is 23.6 Å². The lowest BCUT2D eigenvalue weighted by atomic mass is 9.91. The van der Waals surface area contributed by atoms with Crippen molar-refractivity contribution >= 4 is 42.3 Å². The number of fused-ring (bicyclic) bond motifs is 2. The summed E-state index contributed by atoms with van der Waals surface area (Å²) in [6, 6.07) is 9.48. The summed E-state index contributed by atoms with van der Waals surface area (Å²) in [6.45, 7) is 8.58. The summed E-state index contributed by atoms with van der Waals surface area (Å²) in [5.74, 6) is -1.91. The molecule has 13 heteroatoms. The molecule has 0 radical (unpaired) electrons. The van der Waals surface area contributed by atoms with Crippen molar-refractivity contribution in [3.8, 4) is 0 Å². The summed E-state index contributed by atoms with van der Waals surface area (Å²) in [4.78, 5) is 32.5. The van der Waals surface area contributed by atoms with Crippen molar-refractivity contribution in [1.82, 2.24) is 25.3 Å². The number of piperazine rings is 1. The van der Waals surface area contributed by atoms with Crippen LogP contribution in [0.4, 0.5) is 18.9 Å². The molecular weight excluding hydrogens is 616 g/mol. The van der Waals surface area contributed by atoms with Crippen LogP contribution in [0.3, 0.4) is 0 Å². The van der Waals surface area contributed by atoms with Gasteiger partial charge in [0.2, 0.25) is 5.91 Å². The zero-order valence-electron chi connectivity index (χ0n) is 24.6. The van der Waals surface area contributed by atoms with E-state index in [1.807, 2.05) is 13.8 Å². The first kappa shape index (κ1) is 33.6. The first-order valence-corrected chi connectivity index (χ1v) is 14.1. The third kappa shape index (κ3) is 6.56. The van der Waals surface area contributed by atoms with Crippen molar-refractivity contribution in [2.24, 2.45) is 0 Å². The average molecular weight is 652 g/mol. The number of amides is 2. The molecule has 1 N–H and O–H groups in total. The van der Waals surface area contributed by atoms with Crippen LogP contribution in [-0.2, 0) is 23.2 Å². The van der Waals surface area contributed by atoms with Crippen LogP contribution in [0.5, 0.6) is 0 Å². The Kier molecular flexibility index (Phi) is 9.94. The van der Waals surface area contributed by atoms with Crippen LogP contribution in [0.15, 0.2) is 42.5 Å². The highest BCUT2D eigenvalue weighted by Gasteiger charge is 2.42. The van der Waals surface area contributed by atoms with Crippen LogP contribution in [0, 0.1) is 17.5 Å². The standard InChI is InChI=1S/C31H33F3N6O2.2ClH/c1-18-13-38(24(12-35-18)15-39-14-20-8-21(32)6-7-25(20)30(39)42)16-28(41)40-17-31(2,3)29-27(40)11-23(36-37-29)9-19-4-5-22(33)10-26(19)34;;/h4-8,10-11,18,24,35H,9,12-17H2,1-3H3;2*1H/t18-,24-;;/m1../s1. The number of carbonyl (C=O) groups is 2. The van der Waals surface area contributed by atoms with E-state index in [2.05, 4.69) is 27.3 Å². The van der Waals surface area contributed by atoms with E-state index in [-0.39, 0.29) is 67.5 Å². The summed E-state index contributed by atoms with van der Waals surface area (Å²) in [6.07, 6.45) is 0.113. The van der Waals surface area contributed by atoms with E-state index in [0.29, 0.717) is 66.5 Å². The Hall–Kier alpha value is -3.25. The molecule has 44 heavy (non-hydrogen) atoms. The number of hydrogen-bond acceptors (Lipinski definition) is 6. The molecule has 3 aliphatic heterocycles. The maximum Gasteiger partial charge on any atom is 0.254 e. The largest absolute Gasteiger partial charge is 0.333 e. The Bertz CT molecular complexity index is 1580. The van der Waals surface area contributed by atoms with Crippen LogP contribution in [0.25, 0.3) is 0 Å². The van der Waals surface area contributed by atoms with Crippen molar-refractivity contribution in [3.05, 3.63) is 88.0 Å². The summed E-state index contributed by atoms with van der Waals surface area (Å²) < 4.78 is 41.5. The van der Waals surface area contributed by atoms with Gasteiger partial charge in [-0.25, -0.2) is 13.2 Å². The molecule has 0 saturated carbocycles. The molecule has 0 spiro atoms. The van der Waals surface area contributed by atoms with Crippen LogP contribution in [-0.4, -0.2) is 76.6 Å². The Morgan fingerprint density at radius 2 is 1.77 bits per heavy atom. The summed E-state index contributed by atoms with van der Waals surface area (Å²) in [7, 11) is 0. The van der Waals surface area contributed by atoms with Crippen LogP contribution in [0.2, 0.25) is 0 Å². The molecule has 3 aliphatic rings. The summed E-state index contributed by atoms with van der Waals surface area (Å²) in [5.41, 5.74) is 2.86. The number of halogens is 5. The first-order valence-electron chi connectivity index (χ1n) is 14.1. The van der Waals surface area contributed by atoms with Crippen molar-refractivity contribution in [3.63, 3.8) is 0 Å². The quantitative estimate of drug-likeness (QED) is 0.429. The highest BCUT2D eigenvalue weighted by Crippen LogP contribution is 2.39. The van der Waals surface area contributed by atoms with E-state index in [4.69, 9.17) is 0 Å². The number of nitrogens with one attached hydrogen (secondary N) is 1. The zero-order valence-corrected chi connectivity index (χ0v) is 26.3. The van der Waals surface area contributed by atoms with Gasteiger partial charge in [-0.05, 0) is 48.4 Å². The normalized spacial score (nSPS) is 20.5. The molecule has 1 fully saturated rings. The third-order valence-corrected chi connectivity index (χ3v) is 8.44. The van der Waals surface area contributed by atoms with E-state index in [0.717, 1.165) is 6.07 Å². The van der Waals surface area contributed by atoms with E-state index in [9.17, 15) is 22.8 Å². The topological polar surface area (TPSA) is 81.7 Å². The van der Waals surface area contributed by atoms with Gasteiger partial charge in [0.15, 0.2) is 0 Å². The fourth-order valence-corrected chi connectivity index (χ4v) is 6.25. The molecule has 1 aromatic heterocycles. The molecule has 0 unspecified atom stereocenters. The molecule has 0 aliphatic carbocycles. The van der Waals surface area contributed by atoms with E-state index < -0.39 is 17.0 Å². The predicted octanol–water partition coefficient (Wildman–Crippen LogP) is 4.27.